The third-order valence-electron chi connectivity index (χ3n) is 5.29. The molecule has 0 radical (unpaired) electrons. The summed E-state index contributed by atoms with van der Waals surface area (Å²) in [5.41, 5.74) is 7.41. The number of hydrogen-bond acceptors (Lipinski definition) is 7. The van der Waals surface area contributed by atoms with Crippen molar-refractivity contribution < 1.29 is 23.1 Å². The zero-order valence-electron chi connectivity index (χ0n) is 15.6. The van der Waals surface area contributed by atoms with Crippen molar-refractivity contribution in [1.29, 1.82) is 5.26 Å². The Morgan fingerprint density at radius 3 is 2.53 bits per heavy atom. The number of rotatable bonds is 2. The largest absolute Gasteiger partial charge is 0.422 e. The molecule has 2 aliphatic rings. The predicted molar refractivity (Wildman–Crippen MR) is 102 cm³/mol. The van der Waals surface area contributed by atoms with Gasteiger partial charge in [-0.1, -0.05) is 11.6 Å². The monoisotopic (exact) mass is 442 g/mol. The number of nitrogens with two attached hydrogens (primary N) is 2. The van der Waals surface area contributed by atoms with Crippen molar-refractivity contribution >= 4 is 29.2 Å². The van der Waals surface area contributed by atoms with Gasteiger partial charge in [0, 0.05) is 24.7 Å². The van der Waals surface area contributed by atoms with Crippen LogP contribution in [0.3, 0.4) is 0 Å². The molecule has 5 N–H and O–H groups in total. The van der Waals surface area contributed by atoms with Crippen LogP contribution in [0.4, 0.5) is 19.0 Å². The van der Waals surface area contributed by atoms with Crippen LogP contribution in [0.1, 0.15) is 24.8 Å². The summed E-state index contributed by atoms with van der Waals surface area (Å²) in [7, 11) is 0. The number of aliphatic hydroxyl groups is 1. The van der Waals surface area contributed by atoms with Crippen LogP contribution < -0.4 is 16.4 Å². The molecule has 1 aromatic rings. The van der Waals surface area contributed by atoms with Gasteiger partial charge in [-0.3, -0.25) is 4.79 Å². The third-order valence-corrected chi connectivity index (χ3v) is 5.58. The molecule has 8 nitrogen and oxygen atoms in total. The lowest BCUT2D eigenvalue weighted by atomic mass is 9.80. The topological polar surface area (TPSA) is 142 Å². The van der Waals surface area contributed by atoms with Crippen molar-refractivity contribution in [2.45, 2.75) is 31.0 Å². The Bertz CT molecular complexity index is 979. The minimum atomic E-state index is -5.15. The van der Waals surface area contributed by atoms with E-state index >= 15 is 0 Å². The zero-order chi connectivity index (χ0) is 22.3. The molecule has 0 aromatic carbocycles. The van der Waals surface area contributed by atoms with E-state index in [-0.39, 0.29) is 16.4 Å². The minimum absolute atomic E-state index is 0.0601. The van der Waals surface area contributed by atoms with Crippen LogP contribution in [0.5, 0.6) is 0 Å². The lowest BCUT2D eigenvalue weighted by Gasteiger charge is -2.38. The molecule has 160 valence electrons. The summed E-state index contributed by atoms with van der Waals surface area (Å²) in [4.78, 5) is 20.9. The summed E-state index contributed by atoms with van der Waals surface area (Å²) < 4.78 is 40.7. The number of allylic oxidation sites excluding steroid dienone is 1. The molecule has 1 aromatic heterocycles. The number of piperidine rings is 1. The molecule has 30 heavy (non-hydrogen) atoms. The Labute approximate surface area is 174 Å². The van der Waals surface area contributed by atoms with Gasteiger partial charge in [0.25, 0.3) is 5.91 Å². The number of hydrogen-bond donors (Lipinski definition) is 3. The smallest absolute Gasteiger partial charge is 0.401 e. The third kappa shape index (κ3) is 3.80. The molecule has 1 unspecified atom stereocenters. The van der Waals surface area contributed by atoms with Crippen molar-refractivity contribution in [2.75, 3.05) is 18.0 Å². The molecule has 0 aliphatic carbocycles. The van der Waals surface area contributed by atoms with Crippen molar-refractivity contribution in [3.05, 3.63) is 34.1 Å². The van der Waals surface area contributed by atoms with E-state index in [9.17, 15) is 23.1 Å². The molecule has 3 rings (SSSR count). The van der Waals surface area contributed by atoms with Crippen LogP contribution in [-0.2, 0) is 4.79 Å². The van der Waals surface area contributed by atoms with Gasteiger partial charge in [-0.25, -0.2) is 4.98 Å². The zero-order valence-corrected chi connectivity index (χ0v) is 16.3. The number of nitrogens with zero attached hydrogens (tertiary/aromatic N) is 4. The number of aliphatic imine (C=N–C) groups is 1. The van der Waals surface area contributed by atoms with Gasteiger partial charge in [-0.2, -0.15) is 23.4 Å². The number of carbonyl (C=O) groups is 1. The van der Waals surface area contributed by atoms with Crippen molar-refractivity contribution in [3.63, 3.8) is 0 Å². The number of amidine groups is 1. The van der Waals surface area contributed by atoms with Gasteiger partial charge in [-0.05, 0) is 25.0 Å². The maximum Gasteiger partial charge on any atom is 0.422 e. The van der Waals surface area contributed by atoms with E-state index in [1.54, 1.807) is 6.07 Å². The van der Waals surface area contributed by atoms with Crippen LogP contribution >= 0.6 is 11.6 Å². The van der Waals surface area contributed by atoms with Crippen molar-refractivity contribution in [1.82, 2.24) is 4.98 Å². The number of pyridine rings is 1. The van der Waals surface area contributed by atoms with E-state index in [0.717, 1.165) is 0 Å². The molecule has 1 atom stereocenters. The van der Waals surface area contributed by atoms with Gasteiger partial charge in [0.05, 0.1) is 17.6 Å². The van der Waals surface area contributed by atoms with Gasteiger partial charge in [0.15, 0.2) is 5.60 Å². The highest BCUT2D eigenvalue weighted by Gasteiger charge is 2.60. The SMILES string of the molecule is N#Cc1ccc(N2CCC(C(N)=C3C(N)=NC(=O)CC3(O)C(F)(F)F)CC2)nc1Cl. The highest BCUT2D eigenvalue weighted by Crippen LogP contribution is 2.43. The molecular weight excluding hydrogens is 425 g/mol. The Morgan fingerprint density at radius 2 is 2.00 bits per heavy atom. The second-order valence-electron chi connectivity index (χ2n) is 7.14. The van der Waals surface area contributed by atoms with Crippen LogP contribution in [0.2, 0.25) is 5.15 Å². The van der Waals surface area contributed by atoms with Gasteiger partial charge < -0.3 is 21.5 Å². The fourth-order valence-corrected chi connectivity index (χ4v) is 3.88. The summed E-state index contributed by atoms with van der Waals surface area (Å²) in [6.07, 6.45) is -5.71. The number of amides is 1. The van der Waals surface area contributed by atoms with E-state index < -0.39 is 41.4 Å². The average molecular weight is 443 g/mol. The number of anilines is 1. The predicted octanol–water partition coefficient (Wildman–Crippen LogP) is 1.62. The molecule has 1 saturated heterocycles. The number of nitriles is 1. The molecule has 0 bridgehead atoms. The summed E-state index contributed by atoms with van der Waals surface area (Å²) in [5, 5.41) is 19.3. The van der Waals surface area contributed by atoms with Crippen LogP contribution in [0.15, 0.2) is 28.4 Å². The van der Waals surface area contributed by atoms with Crippen LogP contribution in [0.25, 0.3) is 0 Å². The van der Waals surface area contributed by atoms with Gasteiger partial charge in [-0.15, -0.1) is 0 Å². The molecule has 1 fully saturated rings. The molecule has 0 spiro atoms. The standard InChI is InChI=1S/C18H18ClF3N6O2/c19-15-10(8-23)1-2-11(26-15)28-5-3-9(4-6-28)14(24)13-16(25)27-12(29)7-17(13,30)18(20,21)22/h1-2,9,30H,3-7,24H2,(H2,25,27,29). The Kier molecular flexibility index (Phi) is 5.66. The first-order chi connectivity index (χ1) is 14.0. The summed E-state index contributed by atoms with van der Waals surface area (Å²) >= 11 is 5.95. The number of alkyl halides is 3. The lowest BCUT2D eigenvalue weighted by molar-refractivity contribution is -0.244. The van der Waals surface area contributed by atoms with E-state index in [1.807, 2.05) is 11.0 Å². The number of aromatic nitrogens is 1. The van der Waals surface area contributed by atoms with Gasteiger partial charge in [0.1, 0.15) is 22.9 Å². The molecule has 0 saturated carbocycles. The van der Waals surface area contributed by atoms with Crippen LogP contribution in [0, 0.1) is 17.2 Å². The Balaban J connectivity index is 1.86. The number of halogens is 4. The molecule has 1 amide bonds. The molecule has 12 heteroatoms. The van der Waals surface area contributed by atoms with E-state index in [4.69, 9.17) is 28.3 Å². The first-order valence-corrected chi connectivity index (χ1v) is 9.34. The fraction of sp³-hybridized carbons (Fsp3) is 0.444. The Hall–Kier alpha value is -2.84. The van der Waals surface area contributed by atoms with E-state index in [0.29, 0.717) is 31.7 Å². The molecular formula is C18H18ClF3N6O2. The van der Waals surface area contributed by atoms with E-state index in [2.05, 4.69) is 9.98 Å². The maximum absolute atomic E-state index is 13.6. The quantitative estimate of drug-likeness (QED) is 0.590. The first-order valence-electron chi connectivity index (χ1n) is 8.96. The first kappa shape index (κ1) is 21.9. The maximum atomic E-state index is 13.6. The van der Waals surface area contributed by atoms with Crippen molar-refractivity contribution in [3.8, 4) is 6.07 Å². The highest BCUT2D eigenvalue weighted by molar-refractivity contribution is 6.30. The summed E-state index contributed by atoms with van der Waals surface area (Å²) in [6, 6.07) is 5.08. The second kappa shape index (κ2) is 7.77. The van der Waals surface area contributed by atoms with E-state index in [1.165, 1.54) is 6.07 Å². The second-order valence-corrected chi connectivity index (χ2v) is 7.49. The summed E-state index contributed by atoms with van der Waals surface area (Å²) in [6.45, 7) is 0.794. The summed E-state index contributed by atoms with van der Waals surface area (Å²) in [5.74, 6) is -1.87. The van der Waals surface area contributed by atoms with Crippen LogP contribution in [-0.4, -0.2) is 46.7 Å². The van der Waals surface area contributed by atoms with Gasteiger partial charge >= 0.3 is 6.18 Å². The molecule has 2 aliphatic heterocycles. The normalized spacial score (nSPS) is 25.0. The average Bonchev–Trinajstić information content (AvgIpc) is 2.66. The number of carbonyl (C=O) groups excluding carboxylic acids is 1. The minimum Gasteiger partial charge on any atom is -0.401 e. The Morgan fingerprint density at radius 1 is 1.37 bits per heavy atom. The van der Waals surface area contributed by atoms with Crippen molar-refractivity contribution in [2.24, 2.45) is 22.4 Å². The lowest BCUT2D eigenvalue weighted by Crippen LogP contribution is -2.55. The fourth-order valence-electron chi connectivity index (χ4n) is 3.69. The van der Waals surface area contributed by atoms with Gasteiger partial charge in [0.2, 0.25) is 0 Å². The highest BCUT2D eigenvalue weighted by atomic mass is 35.5. The molecule has 3 heterocycles.